The van der Waals surface area contributed by atoms with Crippen molar-refractivity contribution >= 4 is 5.78 Å². The molecule has 0 aromatic rings. The van der Waals surface area contributed by atoms with Crippen molar-refractivity contribution in [2.75, 3.05) is 13.6 Å². The summed E-state index contributed by atoms with van der Waals surface area (Å²) >= 11 is 0. The van der Waals surface area contributed by atoms with Gasteiger partial charge in [-0.25, -0.2) is 0 Å². The van der Waals surface area contributed by atoms with Crippen LogP contribution in [0.4, 0.5) is 0 Å². The Labute approximate surface area is 94.0 Å². The Balaban J connectivity index is 3.49. The van der Waals surface area contributed by atoms with E-state index in [0.29, 0.717) is 0 Å². The minimum atomic E-state index is 0.0413. The predicted molar refractivity (Wildman–Crippen MR) is 65.1 cm³/mol. The van der Waals surface area contributed by atoms with E-state index in [1.54, 1.807) is 6.92 Å². The Hall–Kier alpha value is -0.410. The first-order chi connectivity index (χ1) is 6.87. The van der Waals surface area contributed by atoms with E-state index in [4.69, 9.17) is 0 Å². The summed E-state index contributed by atoms with van der Waals surface area (Å²) in [6.45, 7) is 9.17. The second-order valence-corrected chi connectivity index (χ2v) is 5.12. The van der Waals surface area contributed by atoms with E-state index in [2.05, 4.69) is 31.4 Å². The van der Waals surface area contributed by atoms with Gasteiger partial charge in [-0.2, -0.15) is 0 Å². The molecule has 0 aromatic heterocycles. The molecule has 0 saturated heterocycles. The van der Waals surface area contributed by atoms with Gasteiger partial charge in [-0.1, -0.05) is 6.42 Å². The summed E-state index contributed by atoms with van der Waals surface area (Å²) in [6, 6.07) is 0.0413. The van der Waals surface area contributed by atoms with Crippen LogP contribution in [0.1, 0.15) is 47.0 Å². The van der Waals surface area contributed by atoms with Gasteiger partial charge in [-0.3, -0.25) is 4.79 Å². The summed E-state index contributed by atoms with van der Waals surface area (Å²) in [5.41, 5.74) is 0.197. The van der Waals surface area contributed by atoms with Gasteiger partial charge in [0.2, 0.25) is 0 Å². The van der Waals surface area contributed by atoms with Crippen LogP contribution in [0.3, 0.4) is 0 Å². The molecule has 15 heavy (non-hydrogen) atoms. The standard InChI is InChI=1S/C12H26N2O/c1-10(15)11(13-5)8-6-7-9-14-12(2,3)4/h11,13-14H,6-9H2,1-5H3/t11-/m0/s1. The minimum absolute atomic E-state index is 0.0413. The molecule has 0 spiro atoms. The zero-order chi connectivity index (χ0) is 11.9. The third-order valence-electron chi connectivity index (χ3n) is 2.41. The quantitative estimate of drug-likeness (QED) is 0.634. The second-order valence-electron chi connectivity index (χ2n) is 5.12. The molecular weight excluding hydrogens is 188 g/mol. The zero-order valence-electron chi connectivity index (χ0n) is 10.8. The maximum Gasteiger partial charge on any atom is 0.146 e. The highest BCUT2D eigenvalue weighted by Gasteiger charge is 2.11. The van der Waals surface area contributed by atoms with Gasteiger partial charge in [-0.15, -0.1) is 0 Å². The number of ketones is 1. The molecule has 0 unspecified atom stereocenters. The summed E-state index contributed by atoms with van der Waals surface area (Å²) in [7, 11) is 1.85. The van der Waals surface area contributed by atoms with E-state index < -0.39 is 0 Å². The lowest BCUT2D eigenvalue weighted by Gasteiger charge is -2.20. The summed E-state index contributed by atoms with van der Waals surface area (Å²) in [4.78, 5) is 11.1. The van der Waals surface area contributed by atoms with Crippen LogP contribution in [-0.2, 0) is 4.79 Å². The summed E-state index contributed by atoms with van der Waals surface area (Å²) in [6.07, 6.45) is 3.16. The largest absolute Gasteiger partial charge is 0.312 e. The van der Waals surface area contributed by atoms with Crippen LogP contribution in [0, 0.1) is 0 Å². The number of rotatable bonds is 7. The van der Waals surface area contributed by atoms with E-state index in [0.717, 1.165) is 25.8 Å². The molecule has 3 heteroatoms. The minimum Gasteiger partial charge on any atom is -0.312 e. The maximum absolute atomic E-state index is 11.1. The molecule has 0 radical (unpaired) electrons. The average molecular weight is 214 g/mol. The van der Waals surface area contributed by atoms with Gasteiger partial charge in [-0.05, 0) is 54.1 Å². The number of hydrogen-bond donors (Lipinski definition) is 2. The van der Waals surface area contributed by atoms with Gasteiger partial charge < -0.3 is 10.6 Å². The fraction of sp³-hybridized carbons (Fsp3) is 0.917. The molecule has 0 heterocycles. The summed E-state index contributed by atoms with van der Waals surface area (Å²) in [5.74, 6) is 0.237. The van der Waals surface area contributed by atoms with Gasteiger partial charge in [0.05, 0.1) is 6.04 Å². The highest BCUT2D eigenvalue weighted by atomic mass is 16.1. The number of nitrogens with one attached hydrogen (secondary N) is 2. The molecule has 0 aliphatic carbocycles. The third kappa shape index (κ3) is 8.58. The average Bonchev–Trinajstić information content (AvgIpc) is 2.08. The van der Waals surface area contributed by atoms with E-state index in [1.165, 1.54) is 0 Å². The normalized spacial score (nSPS) is 13.9. The van der Waals surface area contributed by atoms with E-state index in [1.807, 2.05) is 7.05 Å². The highest BCUT2D eigenvalue weighted by molar-refractivity contribution is 5.81. The monoisotopic (exact) mass is 214 g/mol. The van der Waals surface area contributed by atoms with Crippen molar-refractivity contribution in [2.45, 2.75) is 58.5 Å². The SMILES string of the molecule is CN[C@@H](CCCCNC(C)(C)C)C(C)=O. The number of Topliss-reactive ketones (excluding diaryl/α,β-unsaturated/α-hetero) is 1. The smallest absolute Gasteiger partial charge is 0.146 e. The van der Waals surface area contributed by atoms with Crippen molar-refractivity contribution in [3.63, 3.8) is 0 Å². The van der Waals surface area contributed by atoms with Crippen molar-refractivity contribution in [2.24, 2.45) is 0 Å². The van der Waals surface area contributed by atoms with Crippen molar-refractivity contribution < 1.29 is 4.79 Å². The molecular formula is C12H26N2O. The van der Waals surface area contributed by atoms with Crippen LogP contribution in [0.5, 0.6) is 0 Å². The second kappa shape index (κ2) is 6.96. The Morgan fingerprint density at radius 1 is 1.27 bits per heavy atom. The molecule has 0 saturated carbocycles. The fourth-order valence-corrected chi connectivity index (χ4v) is 1.49. The number of hydrogen-bond acceptors (Lipinski definition) is 3. The molecule has 0 aromatic carbocycles. The lowest BCUT2D eigenvalue weighted by atomic mass is 10.1. The first-order valence-corrected chi connectivity index (χ1v) is 5.79. The van der Waals surface area contributed by atoms with Crippen molar-refractivity contribution in [1.82, 2.24) is 10.6 Å². The molecule has 0 rings (SSSR count). The highest BCUT2D eigenvalue weighted by Crippen LogP contribution is 2.03. The van der Waals surface area contributed by atoms with Crippen LogP contribution in [0.15, 0.2) is 0 Å². The fourth-order valence-electron chi connectivity index (χ4n) is 1.49. The summed E-state index contributed by atoms with van der Waals surface area (Å²) in [5, 5.41) is 6.48. The predicted octanol–water partition coefficient (Wildman–Crippen LogP) is 1.72. The molecule has 1 atom stereocenters. The zero-order valence-corrected chi connectivity index (χ0v) is 10.8. The molecule has 2 N–H and O–H groups in total. The first kappa shape index (κ1) is 14.6. The third-order valence-corrected chi connectivity index (χ3v) is 2.41. The van der Waals surface area contributed by atoms with Gasteiger partial charge in [0, 0.05) is 5.54 Å². The maximum atomic E-state index is 11.1. The van der Waals surface area contributed by atoms with E-state index in [9.17, 15) is 4.79 Å². The van der Waals surface area contributed by atoms with Crippen molar-refractivity contribution in [3.8, 4) is 0 Å². The molecule has 0 fully saturated rings. The van der Waals surface area contributed by atoms with E-state index in [-0.39, 0.29) is 17.4 Å². The van der Waals surface area contributed by atoms with Crippen LogP contribution < -0.4 is 10.6 Å². The lowest BCUT2D eigenvalue weighted by Crippen LogP contribution is -2.36. The Morgan fingerprint density at radius 2 is 1.87 bits per heavy atom. The van der Waals surface area contributed by atoms with Gasteiger partial charge >= 0.3 is 0 Å². The molecule has 0 bridgehead atoms. The van der Waals surface area contributed by atoms with Crippen LogP contribution in [0.25, 0.3) is 0 Å². The van der Waals surface area contributed by atoms with Gasteiger partial charge in [0.15, 0.2) is 0 Å². The van der Waals surface area contributed by atoms with E-state index >= 15 is 0 Å². The molecule has 0 amide bonds. The van der Waals surface area contributed by atoms with Gasteiger partial charge in [0.25, 0.3) is 0 Å². The lowest BCUT2D eigenvalue weighted by molar-refractivity contribution is -0.119. The Morgan fingerprint density at radius 3 is 2.27 bits per heavy atom. The number of carbonyl (C=O) groups excluding carboxylic acids is 1. The summed E-state index contributed by atoms with van der Waals surface area (Å²) < 4.78 is 0. The molecule has 3 nitrogen and oxygen atoms in total. The van der Waals surface area contributed by atoms with Crippen LogP contribution in [0.2, 0.25) is 0 Å². The van der Waals surface area contributed by atoms with Gasteiger partial charge in [0.1, 0.15) is 5.78 Å². The van der Waals surface area contributed by atoms with Crippen molar-refractivity contribution in [1.29, 1.82) is 0 Å². The number of carbonyl (C=O) groups is 1. The number of unbranched alkanes of at least 4 members (excludes halogenated alkanes) is 1. The van der Waals surface area contributed by atoms with Crippen LogP contribution >= 0.6 is 0 Å². The Bertz CT molecular complexity index is 185. The van der Waals surface area contributed by atoms with Crippen LogP contribution in [-0.4, -0.2) is 31.0 Å². The first-order valence-electron chi connectivity index (χ1n) is 5.79. The van der Waals surface area contributed by atoms with Crippen molar-refractivity contribution in [3.05, 3.63) is 0 Å². The Kier molecular flexibility index (Phi) is 6.77. The molecule has 0 aliphatic rings. The molecule has 0 aliphatic heterocycles. The number of likely N-dealkylation sites (N-methyl/N-ethyl adjacent to an activating group) is 1. The molecule has 90 valence electrons. The topological polar surface area (TPSA) is 41.1 Å².